The summed E-state index contributed by atoms with van der Waals surface area (Å²) in [7, 11) is 0. The summed E-state index contributed by atoms with van der Waals surface area (Å²) in [6.07, 6.45) is 14.8. The van der Waals surface area contributed by atoms with E-state index >= 15 is 0 Å². The molecule has 0 heterocycles. The predicted octanol–water partition coefficient (Wildman–Crippen LogP) is 2.87. The van der Waals surface area contributed by atoms with Crippen LogP contribution in [0.5, 0.6) is 0 Å². The lowest BCUT2D eigenvalue weighted by Gasteiger charge is -2.18. The van der Waals surface area contributed by atoms with Crippen LogP contribution < -0.4 is 10.6 Å². The molecule has 0 radical (unpaired) electrons. The molecule has 0 aromatic carbocycles. The van der Waals surface area contributed by atoms with Gasteiger partial charge in [-0.25, -0.2) is 0 Å². The number of fused-ring (bicyclic) bond motifs is 2. The van der Waals surface area contributed by atoms with Crippen LogP contribution in [-0.2, 0) is 4.79 Å². The molecule has 3 aliphatic rings. The van der Waals surface area contributed by atoms with Gasteiger partial charge >= 0.3 is 0 Å². The van der Waals surface area contributed by atoms with Gasteiger partial charge in [-0.1, -0.05) is 37.8 Å². The maximum Gasteiger partial charge on any atom is 0.220 e. The average Bonchev–Trinajstić information content (AvgIpc) is 3.22. The van der Waals surface area contributed by atoms with Gasteiger partial charge in [-0.15, -0.1) is 0 Å². The zero-order chi connectivity index (χ0) is 14.5. The summed E-state index contributed by atoms with van der Waals surface area (Å²) in [4.78, 5) is 11.8. The van der Waals surface area contributed by atoms with Crippen LogP contribution in [0, 0.1) is 23.7 Å². The SMILES string of the molecule is O=C(CCC1CCCC1)NCCNCC1CC2C=CC1C2. The third-order valence-electron chi connectivity index (χ3n) is 5.70. The second-order valence-corrected chi connectivity index (χ2v) is 7.28. The standard InChI is InChI=1S/C18H30N2O/c21-18(8-6-14-3-1-2-4-14)20-10-9-19-13-17-12-15-5-7-16(17)11-15/h5,7,14-17,19H,1-4,6,8-13H2,(H,20,21). The van der Waals surface area contributed by atoms with Crippen molar-refractivity contribution < 1.29 is 4.79 Å². The number of amides is 1. The van der Waals surface area contributed by atoms with Crippen molar-refractivity contribution in [3.05, 3.63) is 12.2 Å². The van der Waals surface area contributed by atoms with Crippen molar-refractivity contribution in [2.24, 2.45) is 23.7 Å². The molecule has 2 bridgehead atoms. The fraction of sp³-hybridized carbons (Fsp3) is 0.833. The highest BCUT2D eigenvalue weighted by Gasteiger charge is 2.34. The molecule has 3 atom stereocenters. The number of carbonyl (C=O) groups is 1. The Morgan fingerprint density at radius 2 is 1.95 bits per heavy atom. The highest BCUT2D eigenvalue weighted by molar-refractivity contribution is 5.75. The van der Waals surface area contributed by atoms with E-state index in [0.717, 1.165) is 56.1 Å². The number of hydrogen-bond donors (Lipinski definition) is 2. The molecule has 0 spiro atoms. The van der Waals surface area contributed by atoms with Gasteiger partial charge in [-0.2, -0.15) is 0 Å². The van der Waals surface area contributed by atoms with E-state index in [9.17, 15) is 4.79 Å². The first-order valence-corrected chi connectivity index (χ1v) is 8.97. The molecule has 2 saturated carbocycles. The molecule has 3 aliphatic carbocycles. The molecule has 2 N–H and O–H groups in total. The summed E-state index contributed by atoms with van der Waals surface area (Å²) in [5, 5.41) is 6.57. The van der Waals surface area contributed by atoms with Crippen LogP contribution in [0.2, 0.25) is 0 Å². The average molecular weight is 290 g/mol. The van der Waals surface area contributed by atoms with E-state index in [0.29, 0.717) is 0 Å². The minimum Gasteiger partial charge on any atom is -0.355 e. The predicted molar refractivity (Wildman–Crippen MR) is 85.9 cm³/mol. The van der Waals surface area contributed by atoms with E-state index in [-0.39, 0.29) is 5.91 Å². The van der Waals surface area contributed by atoms with Crippen molar-refractivity contribution in [3.8, 4) is 0 Å². The van der Waals surface area contributed by atoms with Gasteiger partial charge in [-0.3, -0.25) is 4.79 Å². The van der Waals surface area contributed by atoms with Gasteiger partial charge in [0.1, 0.15) is 0 Å². The van der Waals surface area contributed by atoms with Crippen LogP contribution in [0.3, 0.4) is 0 Å². The van der Waals surface area contributed by atoms with Crippen LogP contribution in [0.15, 0.2) is 12.2 Å². The molecule has 3 rings (SSSR count). The number of allylic oxidation sites excluding steroid dienone is 2. The third kappa shape index (κ3) is 4.32. The molecule has 2 fully saturated rings. The van der Waals surface area contributed by atoms with Crippen LogP contribution in [0.25, 0.3) is 0 Å². The second-order valence-electron chi connectivity index (χ2n) is 7.28. The van der Waals surface area contributed by atoms with Crippen LogP contribution >= 0.6 is 0 Å². The number of hydrogen-bond acceptors (Lipinski definition) is 2. The zero-order valence-corrected chi connectivity index (χ0v) is 13.2. The maximum absolute atomic E-state index is 11.8. The van der Waals surface area contributed by atoms with Gasteiger partial charge in [-0.05, 0) is 49.5 Å². The molecular formula is C18H30N2O. The van der Waals surface area contributed by atoms with E-state index in [1.165, 1.54) is 38.5 Å². The highest BCUT2D eigenvalue weighted by atomic mass is 16.1. The van der Waals surface area contributed by atoms with Crippen molar-refractivity contribution in [2.45, 2.75) is 51.4 Å². The summed E-state index contributed by atoms with van der Waals surface area (Å²) >= 11 is 0. The lowest BCUT2D eigenvalue weighted by molar-refractivity contribution is -0.121. The van der Waals surface area contributed by atoms with Crippen LogP contribution in [0.4, 0.5) is 0 Å². The van der Waals surface area contributed by atoms with Crippen molar-refractivity contribution in [2.75, 3.05) is 19.6 Å². The third-order valence-corrected chi connectivity index (χ3v) is 5.70. The van der Waals surface area contributed by atoms with E-state index in [1.807, 2.05) is 0 Å². The lowest BCUT2D eigenvalue weighted by Crippen LogP contribution is -2.34. The van der Waals surface area contributed by atoms with Gasteiger partial charge < -0.3 is 10.6 Å². The van der Waals surface area contributed by atoms with Gasteiger partial charge in [0.05, 0.1) is 0 Å². The Labute approximate surface area is 128 Å². The minimum absolute atomic E-state index is 0.242. The first-order valence-electron chi connectivity index (χ1n) is 8.97. The van der Waals surface area contributed by atoms with Crippen LogP contribution in [0.1, 0.15) is 51.4 Å². The van der Waals surface area contributed by atoms with Crippen molar-refractivity contribution in [1.82, 2.24) is 10.6 Å². The molecule has 3 unspecified atom stereocenters. The van der Waals surface area contributed by atoms with Crippen molar-refractivity contribution in [3.63, 3.8) is 0 Å². The Bertz CT molecular complexity index is 373. The number of carbonyl (C=O) groups excluding carboxylic acids is 1. The Hall–Kier alpha value is -0.830. The van der Waals surface area contributed by atoms with E-state index in [1.54, 1.807) is 0 Å². The molecule has 3 heteroatoms. The Morgan fingerprint density at radius 3 is 2.67 bits per heavy atom. The monoisotopic (exact) mass is 290 g/mol. The molecule has 0 aromatic rings. The molecule has 3 nitrogen and oxygen atoms in total. The maximum atomic E-state index is 11.8. The van der Waals surface area contributed by atoms with E-state index in [2.05, 4.69) is 22.8 Å². The summed E-state index contributed by atoms with van der Waals surface area (Å²) in [6.45, 7) is 2.80. The Balaban J connectivity index is 1.18. The molecule has 0 saturated heterocycles. The number of nitrogens with one attached hydrogen (secondary N) is 2. The highest BCUT2D eigenvalue weighted by Crippen LogP contribution is 2.42. The summed E-state index contributed by atoms with van der Waals surface area (Å²) in [5.41, 5.74) is 0. The smallest absolute Gasteiger partial charge is 0.220 e. The lowest BCUT2D eigenvalue weighted by atomic mass is 9.94. The summed E-state index contributed by atoms with van der Waals surface area (Å²) in [5.74, 6) is 3.57. The van der Waals surface area contributed by atoms with Gasteiger partial charge in [0.15, 0.2) is 0 Å². The van der Waals surface area contributed by atoms with E-state index < -0.39 is 0 Å². The quantitative estimate of drug-likeness (QED) is 0.533. The largest absolute Gasteiger partial charge is 0.355 e. The van der Waals surface area contributed by atoms with Gasteiger partial charge in [0.25, 0.3) is 0 Å². The fourth-order valence-electron chi connectivity index (χ4n) is 4.43. The van der Waals surface area contributed by atoms with Crippen molar-refractivity contribution in [1.29, 1.82) is 0 Å². The molecular weight excluding hydrogens is 260 g/mol. The zero-order valence-electron chi connectivity index (χ0n) is 13.2. The first kappa shape index (κ1) is 15.1. The molecule has 1 amide bonds. The van der Waals surface area contributed by atoms with E-state index in [4.69, 9.17) is 0 Å². The Kier molecular flexibility index (Phi) is 5.34. The molecule has 21 heavy (non-hydrogen) atoms. The molecule has 0 aliphatic heterocycles. The minimum atomic E-state index is 0.242. The summed E-state index contributed by atoms with van der Waals surface area (Å²) < 4.78 is 0. The van der Waals surface area contributed by atoms with Gasteiger partial charge in [0.2, 0.25) is 5.91 Å². The fourth-order valence-corrected chi connectivity index (χ4v) is 4.43. The summed E-state index contributed by atoms with van der Waals surface area (Å²) in [6, 6.07) is 0. The topological polar surface area (TPSA) is 41.1 Å². The number of rotatable bonds is 8. The second kappa shape index (κ2) is 7.44. The van der Waals surface area contributed by atoms with Crippen molar-refractivity contribution >= 4 is 5.91 Å². The Morgan fingerprint density at radius 1 is 1.10 bits per heavy atom. The first-order chi connectivity index (χ1) is 10.3. The molecule has 0 aromatic heterocycles. The molecule has 118 valence electrons. The van der Waals surface area contributed by atoms with Crippen LogP contribution in [-0.4, -0.2) is 25.5 Å². The normalized spacial score (nSPS) is 31.1. The van der Waals surface area contributed by atoms with Gasteiger partial charge in [0, 0.05) is 19.5 Å².